The Morgan fingerprint density at radius 1 is 1.31 bits per heavy atom. The normalized spacial score (nSPS) is 9.50. The van der Waals surface area contributed by atoms with Gasteiger partial charge in [0, 0.05) is 22.2 Å². The summed E-state index contributed by atoms with van der Waals surface area (Å²) in [6.07, 6.45) is 3.37. The highest BCUT2D eigenvalue weighted by molar-refractivity contribution is 7.17. The molecule has 2 aromatic rings. The lowest BCUT2D eigenvalue weighted by Crippen LogP contribution is -1.86. The topological polar surface area (TPSA) is 78.7 Å². The fourth-order valence-corrected chi connectivity index (χ4v) is 2.11. The Bertz CT molecular complexity index is 557. The maximum Gasteiger partial charge on any atom is 0.259 e. The van der Waals surface area contributed by atoms with E-state index in [0.29, 0.717) is 4.88 Å². The van der Waals surface area contributed by atoms with Crippen LogP contribution in [0.4, 0.5) is 0 Å². The molecule has 0 aliphatic heterocycles. The summed E-state index contributed by atoms with van der Waals surface area (Å²) >= 11 is 1.29. The van der Waals surface area contributed by atoms with Crippen LogP contribution in [0.15, 0.2) is 41.8 Å². The Morgan fingerprint density at radius 2 is 2.06 bits per heavy atom. The number of pyridine rings is 1. The molecule has 16 heavy (non-hydrogen) atoms. The summed E-state index contributed by atoms with van der Waals surface area (Å²) < 4.78 is 0. The molecule has 2 aromatic heterocycles. The number of thiophene rings is 1. The lowest BCUT2D eigenvalue weighted by molar-refractivity contribution is 0.100. The maximum atomic E-state index is 11.3. The molecule has 2 heterocycles. The average Bonchev–Trinajstić information content (AvgIpc) is 2.80. The minimum Gasteiger partial charge on any atom is -0.286 e. The van der Waals surface area contributed by atoms with Gasteiger partial charge in [0.2, 0.25) is 0 Å². The molecule has 0 bridgehead atoms. The molecule has 0 atom stereocenters. The van der Waals surface area contributed by atoms with Crippen molar-refractivity contribution in [3.8, 4) is 10.4 Å². The predicted octanol–water partition coefficient (Wildman–Crippen LogP) is 3.26. The molecule has 0 radical (unpaired) electrons. The van der Waals surface area contributed by atoms with Gasteiger partial charge in [-0.05, 0) is 40.5 Å². The van der Waals surface area contributed by atoms with E-state index < -0.39 is 5.91 Å². The van der Waals surface area contributed by atoms with Crippen LogP contribution >= 0.6 is 11.3 Å². The van der Waals surface area contributed by atoms with Crippen molar-refractivity contribution >= 4 is 17.2 Å². The third-order valence-corrected chi connectivity index (χ3v) is 3.04. The van der Waals surface area contributed by atoms with Gasteiger partial charge in [0.15, 0.2) is 0 Å². The van der Waals surface area contributed by atoms with Crippen molar-refractivity contribution in [1.82, 2.24) is 4.98 Å². The first-order valence-electron chi connectivity index (χ1n) is 4.41. The molecular weight excluding hydrogens is 224 g/mol. The molecule has 78 valence electrons. The Hall–Kier alpha value is -2.17. The van der Waals surface area contributed by atoms with Crippen molar-refractivity contribution in [2.75, 3.05) is 0 Å². The second-order valence-corrected chi connectivity index (χ2v) is 3.98. The van der Waals surface area contributed by atoms with Crippen LogP contribution in [0.3, 0.4) is 0 Å². The lowest BCUT2D eigenvalue weighted by atomic mass is 10.2. The van der Waals surface area contributed by atoms with Crippen LogP contribution in [0.1, 0.15) is 9.67 Å². The second kappa shape index (κ2) is 4.57. The van der Waals surface area contributed by atoms with Crippen LogP contribution in [0.5, 0.6) is 0 Å². The quantitative estimate of drug-likeness (QED) is 0.451. The molecule has 0 N–H and O–H groups in total. The average molecular weight is 230 g/mol. The maximum absolute atomic E-state index is 11.3. The van der Waals surface area contributed by atoms with Gasteiger partial charge in [-0.2, -0.15) is 0 Å². The first-order valence-corrected chi connectivity index (χ1v) is 5.22. The van der Waals surface area contributed by atoms with E-state index >= 15 is 0 Å². The van der Waals surface area contributed by atoms with Gasteiger partial charge < -0.3 is 0 Å². The van der Waals surface area contributed by atoms with Gasteiger partial charge in [-0.1, -0.05) is 0 Å². The minimum atomic E-state index is -0.548. The summed E-state index contributed by atoms with van der Waals surface area (Å²) in [6, 6.07) is 7.18. The van der Waals surface area contributed by atoms with Gasteiger partial charge in [0.1, 0.15) is 0 Å². The fourth-order valence-electron chi connectivity index (χ4n) is 1.21. The van der Waals surface area contributed by atoms with Gasteiger partial charge in [-0.15, -0.1) is 11.3 Å². The Morgan fingerprint density at radius 3 is 2.75 bits per heavy atom. The van der Waals surface area contributed by atoms with Crippen LogP contribution in [-0.2, 0) is 0 Å². The highest BCUT2D eigenvalue weighted by Crippen LogP contribution is 2.27. The van der Waals surface area contributed by atoms with Crippen molar-refractivity contribution in [2.24, 2.45) is 5.11 Å². The number of hydrogen-bond donors (Lipinski definition) is 0. The molecule has 5 nitrogen and oxygen atoms in total. The second-order valence-electron chi connectivity index (χ2n) is 2.89. The van der Waals surface area contributed by atoms with E-state index in [1.54, 1.807) is 18.5 Å². The lowest BCUT2D eigenvalue weighted by Gasteiger charge is -1.93. The predicted molar refractivity (Wildman–Crippen MR) is 61.0 cm³/mol. The SMILES string of the molecule is [N-]=[N+]=NC(=O)c1ccc(-c2ccncc2)s1. The van der Waals surface area contributed by atoms with Crippen LogP contribution < -0.4 is 0 Å². The number of carbonyl (C=O) groups is 1. The summed E-state index contributed by atoms with van der Waals surface area (Å²) in [5, 5.41) is 3.04. The van der Waals surface area contributed by atoms with Crippen LogP contribution in [-0.4, -0.2) is 10.9 Å². The largest absolute Gasteiger partial charge is 0.286 e. The molecule has 0 aliphatic carbocycles. The first kappa shape index (κ1) is 10.4. The number of aromatic nitrogens is 1. The van der Waals surface area contributed by atoms with Crippen molar-refractivity contribution in [3.05, 3.63) is 52.0 Å². The molecule has 0 aliphatic rings. The van der Waals surface area contributed by atoms with E-state index in [9.17, 15) is 4.79 Å². The van der Waals surface area contributed by atoms with Crippen molar-refractivity contribution < 1.29 is 4.79 Å². The molecule has 0 unspecified atom stereocenters. The van der Waals surface area contributed by atoms with Crippen LogP contribution in [0.25, 0.3) is 20.9 Å². The highest BCUT2D eigenvalue weighted by atomic mass is 32.1. The number of nitrogens with zero attached hydrogens (tertiary/aromatic N) is 4. The molecule has 0 aromatic carbocycles. The van der Waals surface area contributed by atoms with E-state index in [0.717, 1.165) is 10.4 Å². The number of carbonyl (C=O) groups excluding carboxylic acids is 1. The van der Waals surface area contributed by atoms with Gasteiger partial charge in [-0.3, -0.25) is 9.78 Å². The Balaban J connectivity index is 2.33. The highest BCUT2D eigenvalue weighted by Gasteiger charge is 2.08. The zero-order valence-electron chi connectivity index (χ0n) is 8.07. The summed E-state index contributed by atoms with van der Waals surface area (Å²) in [5.74, 6) is -0.548. The number of rotatable bonds is 2. The van der Waals surface area contributed by atoms with Crippen molar-refractivity contribution in [2.45, 2.75) is 0 Å². The molecule has 0 fully saturated rings. The Kier molecular flexibility index (Phi) is 2.95. The fraction of sp³-hybridized carbons (Fsp3) is 0. The molecule has 2 rings (SSSR count). The van der Waals surface area contributed by atoms with E-state index in [2.05, 4.69) is 15.0 Å². The third kappa shape index (κ3) is 2.08. The van der Waals surface area contributed by atoms with Crippen molar-refractivity contribution in [1.29, 1.82) is 0 Å². The molecule has 1 amide bonds. The van der Waals surface area contributed by atoms with E-state index in [4.69, 9.17) is 5.53 Å². The van der Waals surface area contributed by atoms with Crippen LogP contribution in [0.2, 0.25) is 0 Å². The zero-order chi connectivity index (χ0) is 11.4. The molecule has 0 saturated heterocycles. The van der Waals surface area contributed by atoms with Gasteiger partial charge in [0.05, 0.1) is 4.88 Å². The number of hydrogen-bond acceptors (Lipinski definition) is 3. The summed E-state index contributed by atoms with van der Waals surface area (Å²) in [7, 11) is 0. The summed E-state index contributed by atoms with van der Waals surface area (Å²) in [5.41, 5.74) is 9.14. The van der Waals surface area contributed by atoms with Gasteiger partial charge >= 0.3 is 0 Å². The minimum absolute atomic E-state index is 0.435. The summed E-state index contributed by atoms with van der Waals surface area (Å²) in [4.78, 5) is 19.0. The number of azide groups is 1. The van der Waals surface area contributed by atoms with Crippen LogP contribution in [0, 0.1) is 0 Å². The smallest absolute Gasteiger partial charge is 0.259 e. The first-order chi connectivity index (χ1) is 7.81. The third-order valence-electron chi connectivity index (χ3n) is 1.92. The molecule has 0 saturated carbocycles. The molecule has 6 heteroatoms. The standard InChI is InChI=1S/C10H6N4OS/c11-14-13-10(15)9-2-1-8(16-9)7-3-5-12-6-4-7/h1-6H. The number of amides is 1. The zero-order valence-corrected chi connectivity index (χ0v) is 8.89. The Labute approximate surface area is 95.0 Å². The monoisotopic (exact) mass is 230 g/mol. The van der Waals surface area contributed by atoms with Gasteiger partial charge in [0.25, 0.3) is 5.91 Å². The van der Waals surface area contributed by atoms with E-state index in [-0.39, 0.29) is 0 Å². The van der Waals surface area contributed by atoms with E-state index in [1.165, 1.54) is 11.3 Å². The van der Waals surface area contributed by atoms with Gasteiger partial charge in [-0.25, -0.2) is 0 Å². The van der Waals surface area contributed by atoms with Crippen molar-refractivity contribution in [3.63, 3.8) is 0 Å². The summed E-state index contributed by atoms with van der Waals surface area (Å²) in [6.45, 7) is 0. The van der Waals surface area contributed by atoms with E-state index in [1.807, 2.05) is 18.2 Å². The molecular formula is C10H6N4OS. The molecule has 0 spiro atoms.